The van der Waals surface area contributed by atoms with E-state index in [-0.39, 0.29) is 12.5 Å². The highest BCUT2D eigenvalue weighted by Gasteiger charge is 2.39. The van der Waals surface area contributed by atoms with Crippen molar-refractivity contribution in [2.24, 2.45) is 0 Å². The summed E-state index contributed by atoms with van der Waals surface area (Å²) in [5.41, 5.74) is 3.19. The summed E-state index contributed by atoms with van der Waals surface area (Å²) >= 11 is 0. The van der Waals surface area contributed by atoms with Gasteiger partial charge in [0.2, 0.25) is 5.91 Å². The van der Waals surface area contributed by atoms with Crippen LogP contribution in [0, 0.1) is 13.8 Å². The van der Waals surface area contributed by atoms with E-state index >= 15 is 0 Å². The van der Waals surface area contributed by atoms with Crippen LogP contribution in [0.5, 0.6) is 0 Å². The van der Waals surface area contributed by atoms with Crippen LogP contribution in [-0.4, -0.2) is 38.8 Å². The summed E-state index contributed by atoms with van der Waals surface area (Å²) in [7, 11) is 0. The molecule has 2 aromatic rings. The van der Waals surface area contributed by atoms with Crippen molar-refractivity contribution < 1.29 is 9.90 Å². The Balaban J connectivity index is 1.71. The van der Waals surface area contributed by atoms with Gasteiger partial charge in [0.25, 0.3) is 0 Å². The molecule has 1 aromatic carbocycles. The van der Waals surface area contributed by atoms with E-state index in [0.29, 0.717) is 19.5 Å². The molecular weight excluding hydrogens is 302 g/mol. The quantitative estimate of drug-likeness (QED) is 0.936. The summed E-state index contributed by atoms with van der Waals surface area (Å²) in [5, 5.41) is 15.4. The summed E-state index contributed by atoms with van der Waals surface area (Å²) < 4.78 is 1.79. The fourth-order valence-corrected chi connectivity index (χ4v) is 3.62. The number of likely N-dealkylation sites (tertiary alicyclic amines) is 1. The Morgan fingerprint density at radius 1 is 1.29 bits per heavy atom. The molecule has 24 heavy (non-hydrogen) atoms. The van der Waals surface area contributed by atoms with E-state index in [0.717, 1.165) is 23.4 Å². The monoisotopic (exact) mass is 327 g/mol. The third-order valence-corrected chi connectivity index (χ3v) is 5.08. The molecular formula is C19H25N3O2. The third-order valence-electron chi connectivity index (χ3n) is 5.08. The number of carbonyl (C=O) groups excluding carboxylic acids is 1. The molecule has 128 valence electrons. The molecule has 0 spiro atoms. The number of nitrogens with zero attached hydrogens (tertiary/aromatic N) is 3. The topological polar surface area (TPSA) is 58.4 Å². The van der Waals surface area contributed by atoms with Crippen LogP contribution in [0.1, 0.15) is 35.9 Å². The number of aryl methyl sites for hydroxylation is 1. The van der Waals surface area contributed by atoms with Gasteiger partial charge in [0, 0.05) is 12.2 Å². The minimum absolute atomic E-state index is 0.00936. The zero-order valence-corrected chi connectivity index (χ0v) is 14.6. The molecule has 5 nitrogen and oxygen atoms in total. The number of hydrogen-bond donors (Lipinski definition) is 1. The first kappa shape index (κ1) is 16.7. The van der Waals surface area contributed by atoms with Crippen LogP contribution >= 0.6 is 0 Å². The lowest BCUT2D eigenvalue weighted by Crippen LogP contribution is -2.36. The zero-order chi connectivity index (χ0) is 17.3. The van der Waals surface area contributed by atoms with Gasteiger partial charge in [-0.25, -0.2) is 0 Å². The van der Waals surface area contributed by atoms with Crippen molar-refractivity contribution in [3.63, 3.8) is 0 Å². The molecule has 0 bridgehead atoms. The van der Waals surface area contributed by atoms with Crippen LogP contribution in [0.4, 0.5) is 0 Å². The molecule has 1 amide bonds. The Hall–Kier alpha value is -2.14. The van der Waals surface area contributed by atoms with E-state index in [1.54, 1.807) is 9.58 Å². The highest BCUT2D eigenvalue weighted by molar-refractivity contribution is 5.76. The van der Waals surface area contributed by atoms with Gasteiger partial charge in [0.15, 0.2) is 0 Å². The Morgan fingerprint density at radius 2 is 2.00 bits per heavy atom. The Morgan fingerprint density at radius 3 is 2.62 bits per heavy atom. The van der Waals surface area contributed by atoms with Crippen LogP contribution in [-0.2, 0) is 23.4 Å². The molecule has 2 heterocycles. The largest absolute Gasteiger partial charge is 0.383 e. The second-order valence-corrected chi connectivity index (χ2v) is 6.62. The molecule has 5 heteroatoms. The van der Waals surface area contributed by atoms with E-state index in [4.69, 9.17) is 0 Å². The number of aromatic nitrogens is 2. The molecule has 3 rings (SSSR count). The summed E-state index contributed by atoms with van der Waals surface area (Å²) in [5.74, 6) is 0.00936. The fourth-order valence-electron chi connectivity index (χ4n) is 3.62. The molecule has 1 fully saturated rings. The van der Waals surface area contributed by atoms with Crippen LogP contribution in [0.3, 0.4) is 0 Å². The van der Waals surface area contributed by atoms with E-state index in [1.807, 2.05) is 44.2 Å². The van der Waals surface area contributed by atoms with Crippen molar-refractivity contribution in [2.45, 2.75) is 45.8 Å². The number of aliphatic hydroxyl groups is 1. The predicted octanol–water partition coefficient (Wildman–Crippen LogP) is 2.18. The average molecular weight is 327 g/mol. The van der Waals surface area contributed by atoms with E-state index in [9.17, 15) is 9.90 Å². The summed E-state index contributed by atoms with van der Waals surface area (Å²) in [4.78, 5) is 14.4. The number of amides is 1. The zero-order valence-electron chi connectivity index (χ0n) is 14.6. The second-order valence-electron chi connectivity index (χ2n) is 6.62. The number of hydrogen-bond acceptors (Lipinski definition) is 3. The van der Waals surface area contributed by atoms with E-state index in [1.165, 1.54) is 5.56 Å². The highest BCUT2D eigenvalue weighted by atomic mass is 16.3. The van der Waals surface area contributed by atoms with Gasteiger partial charge in [-0.1, -0.05) is 37.3 Å². The van der Waals surface area contributed by atoms with Gasteiger partial charge < -0.3 is 10.0 Å². The van der Waals surface area contributed by atoms with Gasteiger partial charge in [-0.3, -0.25) is 9.48 Å². The maximum Gasteiger partial charge on any atom is 0.244 e. The Bertz CT molecular complexity index is 739. The van der Waals surface area contributed by atoms with Crippen LogP contribution in [0.15, 0.2) is 30.3 Å². The molecule has 1 unspecified atom stereocenters. The van der Waals surface area contributed by atoms with Crippen LogP contribution in [0.25, 0.3) is 0 Å². The molecule has 0 aliphatic carbocycles. The second kappa shape index (κ2) is 6.40. The normalized spacial score (nSPS) is 20.6. The SMILES string of the molecule is CCc1c(C)nn(CC(=O)N2CCC(O)(c3ccccc3)C2)c1C. The summed E-state index contributed by atoms with van der Waals surface area (Å²) in [6.07, 6.45) is 1.49. The predicted molar refractivity (Wildman–Crippen MR) is 92.6 cm³/mol. The fraction of sp³-hybridized carbons (Fsp3) is 0.474. The van der Waals surface area contributed by atoms with Crippen LogP contribution in [0.2, 0.25) is 0 Å². The molecule has 1 atom stereocenters. The first-order chi connectivity index (χ1) is 11.4. The van der Waals surface area contributed by atoms with Crippen molar-refractivity contribution in [1.29, 1.82) is 0 Å². The Kier molecular flexibility index (Phi) is 4.45. The van der Waals surface area contributed by atoms with Gasteiger partial charge in [-0.15, -0.1) is 0 Å². The molecule has 0 saturated carbocycles. The Labute approximate surface area is 142 Å². The first-order valence-corrected chi connectivity index (χ1v) is 8.53. The molecule has 0 radical (unpaired) electrons. The van der Waals surface area contributed by atoms with Gasteiger partial charge in [-0.05, 0) is 37.8 Å². The van der Waals surface area contributed by atoms with Crippen LogP contribution < -0.4 is 0 Å². The lowest BCUT2D eigenvalue weighted by molar-refractivity contribution is -0.132. The number of benzene rings is 1. The van der Waals surface area contributed by atoms with Crippen molar-refractivity contribution in [3.05, 3.63) is 52.8 Å². The maximum atomic E-state index is 12.6. The minimum Gasteiger partial charge on any atom is -0.383 e. The molecule has 1 aliphatic heterocycles. The van der Waals surface area contributed by atoms with Crippen molar-refractivity contribution in [2.75, 3.05) is 13.1 Å². The van der Waals surface area contributed by atoms with E-state index < -0.39 is 5.60 Å². The molecule has 1 saturated heterocycles. The standard InChI is InChI=1S/C19H25N3O2/c1-4-17-14(2)20-22(15(17)3)12-18(23)21-11-10-19(24,13-21)16-8-6-5-7-9-16/h5-9,24H,4,10-13H2,1-3H3. The molecule has 1 N–H and O–H groups in total. The summed E-state index contributed by atoms with van der Waals surface area (Å²) in [6.45, 7) is 7.24. The number of carbonyl (C=O) groups is 1. The number of β-amino-alcohol motifs (C(OH)–C–C–N with tert-alkyl or cyclic N) is 1. The first-order valence-electron chi connectivity index (χ1n) is 8.53. The van der Waals surface area contributed by atoms with Crippen molar-refractivity contribution in [3.8, 4) is 0 Å². The average Bonchev–Trinajstić information content (AvgIpc) is 3.10. The van der Waals surface area contributed by atoms with Crippen molar-refractivity contribution in [1.82, 2.24) is 14.7 Å². The van der Waals surface area contributed by atoms with Gasteiger partial charge in [-0.2, -0.15) is 5.10 Å². The lowest BCUT2D eigenvalue weighted by Gasteiger charge is -2.24. The van der Waals surface area contributed by atoms with Crippen molar-refractivity contribution >= 4 is 5.91 Å². The number of rotatable bonds is 4. The minimum atomic E-state index is -0.944. The van der Waals surface area contributed by atoms with Gasteiger partial charge in [0.05, 0.1) is 12.2 Å². The van der Waals surface area contributed by atoms with E-state index in [2.05, 4.69) is 12.0 Å². The maximum absolute atomic E-state index is 12.6. The molecule has 1 aromatic heterocycles. The lowest BCUT2D eigenvalue weighted by atomic mass is 9.93. The third kappa shape index (κ3) is 2.96. The van der Waals surface area contributed by atoms with Gasteiger partial charge in [0.1, 0.15) is 12.1 Å². The smallest absolute Gasteiger partial charge is 0.244 e. The summed E-state index contributed by atoms with van der Waals surface area (Å²) in [6, 6.07) is 9.60. The highest BCUT2D eigenvalue weighted by Crippen LogP contribution is 2.31. The molecule has 1 aliphatic rings. The van der Waals surface area contributed by atoms with Gasteiger partial charge >= 0.3 is 0 Å².